The van der Waals surface area contributed by atoms with Gasteiger partial charge in [0.25, 0.3) is 10.2 Å². The quantitative estimate of drug-likeness (QED) is 0.805. The summed E-state index contributed by atoms with van der Waals surface area (Å²) in [6, 6.07) is 10.5. The van der Waals surface area contributed by atoms with Crippen molar-refractivity contribution in [1.82, 2.24) is 13.6 Å². The second kappa shape index (κ2) is 7.82. The van der Waals surface area contributed by atoms with Gasteiger partial charge in [-0.1, -0.05) is 18.2 Å². The number of pyridine rings is 1. The van der Waals surface area contributed by atoms with Crippen molar-refractivity contribution in [3.63, 3.8) is 0 Å². The third-order valence-corrected chi connectivity index (χ3v) is 6.64. The van der Waals surface area contributed by atoms with Crippen molar-refractivity contribution in [3.8, 4) is 0 Å². The molecular formula is C19H24FN3O2S. The van der Waals surface area contributed by atoms with Gasteiger partial charge < -0.3 is 0 Å². The molecule has 0 aliphatic carbocycles. The molecule has 2 aromatic rings. The lowest BCUT2D eigenvalue weighted by Gasteiger charge is -2.33. The van der Waals surface area contributed by atoms with Crippen molar-refractivity contribution in [1.29, 1.82) is 0 Å². The molecule has 3 rings (SSSR count). The number of benzene rings is 1. The number of nitrogens with zero attached hydrogens (tertiary/aromatic N) is 3. The van der Waals surface area contributed by atoms with Gasteiger partial charge >= 0.3 is 0 Å². The first-order valence-electron chi connectivity index (χ1n) is 8.73. The Morgan fingerprint density at radius 3 is 2.69 bits per heavy atom. The number of piperidine rings is 1. The van der Waals surface area contributed by atoms with Gasteiger partial charge in [0.15, 0.2) is 0 Å². The van der Waals surface area contributed by atoms with E-state index in [1.807, 2.05) is 18.2 Å². The molecule has 7 heteroatoms. The molecule has 1 aliphatic rings. The molecule has 1 aromatic heterocycles. The first-order chi connectivity index (χ1) is 12.4. The molecule has 1 saturated heterocycles. The average molecular weight is 377 g/mol. The molecule has 5 nitrogen and oxygen atoms in total. The second-order valence-electron chi connectivity index (χ2n) is 6.89. The molecule has 0 N–H and O–H groups in total. The highest BCUT2D eigenvalue weighted by Gasteiger charge is 2.31. The summed E-state index contributed by atoms with van der Waals surface area (Å²) < 4.78 is 40.8. The molecule has 0 spiro atoms. The van der Waals surface area contributed by atoms with Crippen molar-refractivity contribution in [2.75, 3.05) is 27.2 Å². The van der Waals surface area contributed by atoms with Gasteiger partial charge in [-0.25, -0.2) is 4.39 Å². The largest absolute Gasteiger partial charge is 0.281 e. The van der Waals surface area contributed by atoms with Crippen LogP contribution in [0.2, 0.25) is 0 Å². The summed E-state index contributed by atoms with van der Waals surface area (Å²) in [4.78, 5) is 4.55. The van der Waals surface area contributed by atoms with Gasteiger partial charge in [-0.05, 0) is 48.6 Å². The summed E-state index contributed by atoms with van der Waals surface area (Å²) in [5, 5.41) is 0. The Morgan fingerprint density at radius 1 is 1.23 bits per heavy atom. The van der Waals surface area contributed by atoms with Gasteiger partial charge in [0, 0.05) is 45.0 Å². The Kier molecular flexibility index (Phi) is 5.70. The van der Waals surface area contributed by atoms with Crippen LogP contribution in [-0.4, -0.2) is 49.2 Å². The SMILES string of the molecule is CN(C)S(=O)(=O)N1CCC[C@@H](c2ccc(Cc3cccc(F)c3)cn2)C1. The molecular weight excluding hydrogens is 353 g/mol. The van der Waals surface area contributed by atoms with Crippen molar-refractivity contribution >= 4 is 10.2 Å². The minimum absolute atomic E-state index is 0.0988. The Morgan fingerprint density at radius 2 is 2.04 bits per heavy atom. The van der Waals surface area contributed by atoms with E-state index in [1.54, 1.807) is 26.4 Å². The van der Waals surface area contributed by atoms with E-state index >= 15 is 0 Å². The van der Waals surface area contributed by atoms with Crippen LogP contribution in [0.4, 0.5) is 4.39 Å². The number of halogens is 1. The van der Waals surface area contributed by atoms with E-state index in [4.69, 9.17) is 0 Å². The van der Waals surface area contributed by atoms with E-state index in [-0.39, 0.29) is 11.7 Å². The first-order valence-corrected chi connectivity index (χ1v) is 10.1. The monoisotopic (exact) mass is 377 g/mol. The zero-order valence-corrected chi connectivity index (χ0v) is 15.9. The van der Waals surface area contributed by atoms with Crippen LogP contribution in [0.5, 0.6) is 0 Å². The van der Waals surface area contributed by atoms with Crippen LogP contribution < -0.4 is 0 Å². The summed E-state index contributed by atoms with van der Waals surface area (Å²) in [5.41, 5.74) is 2.82. The van der Waals surface area contributed by atoms with Gasteiger partial charge in [0.2, 0.25) is 0 Å². The van der Waals surface area contributed by atoms with Crippen LogP contribution in [0.1, 0.15) is 35.6 Å². The number of hydrogen-bond donors (Lipinski definition) is 0. The summed E-state index contributed by atoms with van der Waals surface area (Å²) in [6.07, 6.45) is 4.18. The van der Waals surface area contributed by atoms with Crippen molar-refractivity contribution in [3.05, 3.63) is 65.2 Å². The molecule has 1 fully saturated rings. The maximum Gasteiger partial charge on any atom is 0.281 e. The highest BCUT2D eigenvalue weighted by atomic mass is 32.2. The molecule has 0 amide bonds. The zero-order valence-electron chi connectivity index (χ0n) is 15.1. The van der Waals surface area contributed by atoms with Gasteiger partial charge in [0.05, 0.1) is 0 Å². The van der Waals surface area contributed by atoms with Crippen LogP contribution in [0.15, 0.2) is 42.6 Å². The first kappa shape index (κ1) is 18.9. The normalized spacial score (nSPS) is 19.0. The fourth-order valence-electron chi connectivity index (χ4n) is 3.29. The Labute approximate surface area is 154 Å². The smallest absolute Gasteiger partial charge is 0.261 e. The van der Waals surface area contributed by atoms with Crippen molar-refractivity contribution < 1.29 is 12.8 Å². The summed E-state index contributed by atoms with van der Waals surface area (Å²) >= 11 is 0. The van der Waals surface area contributed by atoms with E-state index in [9.17, 15) is 12.8 Å². The van der Waals surface area contributed by atoms with Crippen molar-refractivity contribution in [2.24, 2.45) is 0 Å². The molecule has 140 valence electrons. The van der Waals surface area contributed by atoms with E-state index in [1.165, 1.54) is 20.7 Å². The third kappa shape index (κ3) is 4.28. The minimum Gasteiger partial charge on any atom is -0.261 e. The van der Waals surface area contributed by atoms with E-state index < -0.39 is 10.2 Å². The van der Waals surface area contributed by atoms with E-state index in [2.05, 4.69) is 4.98 Å². The molecule has 0 unspecified atom stereocenters. The minimum atomic E-state index is -3.39. The summed E-state index contributed by atoms with van der Waals surface area (Å²) in [7, 11) is -0.282. The van der Waals surface area contributed by atoms with Crippen LogP contribution in [-0.2, 0) is 16.6 Å². The number of rotatable bonds is 5. The van der Waals surface area contributed by atoms with Gasteiger partial charge in [-0.2, -0.15) is 17.0 Å². The van der Waals surface area contributed by atoms with Crippen LogP contribution in [0.25, 0.3) is 0 Å². The Bertz CT molecular complexity index is 853. The predicted octanol–water partition coefficient (Wildman–Crippen LogP) is 2.80. The topological polar surface area (TPSA) is 53.5 Å². The van der Waals surface area contributed by atoms with Gasteiger partial charge in [0.1, 0.15) is 5.82 Å². The van der Waals surface area contributed by atoms with E-state index in [0.29, 0.717) is 19.5 Å². The van der Waals surface area contributed by atoms with Crippen LogP contribution >= 0.6 is 0 Å². The molecule has 1 atom stereocenters. The second-order valence-corrected chi connectivity index (χ2v) is 9.03. The third-order valence-electron chi connectivity index (χ3n) is 4.74. The number of hydrogen-bond acceptors (Lipinski definition) is 3. The highest BCUT2D eigenvalue weighted by molar-refractivity contribution is 7.86. The standard InChI is InChI=1S/C19H24FN3O2S/c1-22(2)26(24,25)23-10-4-6-17(14-23)19-9-8-16(13-21-19)11-15-5-3-7-18(20)12-15/h3,5,7-9,12-13,17H,4,6,10-11,14H2,1-2H3/t17-/m1/s1. The molecule has 0 saturated carbocycles. The lowest BCUT2D eigenvalue weighted by atomic mass is 9.95. The molecule has 1 aromatic carbocycles. The predicted molar refractivity (Wildman–Crippen MR) is 99.6 cm³/mol. The molecule has 0 bridgehead atoms. The zero-order chi connectivity index (χ0) is 18.7. The summed E-state index contributed by atoms with van der Waals surface area (Å²) in [6.45, 7) is 1.01. The maximum absolute atomic E-state index is 13.3. The lowest BCUT2D eigenvalue weighted by molar-refractivity contribution is 0.296. The van der Waals surface area contributed by atoms with Crippen LogP contribution in [0.3, 0.4) is 0 Å². The molecule has 26 heavy (non-hydrogen) atoms. The molecule has 1 aliphatic heterocycles. The Hall–Kier alpha value is -1.83. The van der Waals surface area contributed by atoms with Gasteiger partial charge in [-0.3, -0.25) is 4.98 Å². The maximum atomic E-state index is 13.3. The lowest BCUT2D eigenvalue weighted by Crippen LogP contribution is -2.45. The fourth-order valence-corrected chi connectivity index (χ4v) is 4.48. The molecule has 0 radical (unpaired) electrons. The van der Waals surface area contributed by atoms with E-state index in [0.717, 1.165) is 29.7 Å². The number of aromatic nitrogens is 1. The summed E-state index contributed by atoms with van der Waals surface area (Å²) in [5.74, 6) is -0.141. The Balaban J connectivity index is 1.70. The molecule has 2 heterocycles. The highest BCUT2D eigenvalue weighted by Crippen LogP contribution is 2.27. The average Bonchev–Trinajstić information content (AvgIpc) is 2.62. The van der Waals surface area contributed by atoms with Crippen molar-refractivity contribution in [2.45, 2.75) is 25.2 Å². The fraction of sp³-hybridized carbons (Fsp3) is 0.421. The van der Waals surface area contributed by atoms with Crippen LogP contribution in [0, 0.1) is 5.82 Å². The van der Waals surface area contributed by atoms with Gasteiger partial charge in [-0.15, -0.1) is 0 Å².